The van der Waals surface area contributed by atoms with E-state index in [4.69, 9.17) is 5.73 Å². The van der Waals surface area contributed by atoms with Gasteiger partial charge in [-0.05, 0) is 82.9 Å². The molecular formula is C30H44N4O7. The van der Waals surface area contributed by atoms with Crippen molar-refractivity contribution in [2.75, 3.05) is 13.1 Å². The summed E-state index contributed by atoms with van der Waals surface area (Å²) >= 11 is 0. The van der Waals surface area contributed by atoms with Crippen LogP contribution < -0.4 is 21.7 Å². The van der Waals surface area contributed by atoms with Crippen molar-refractivity contribution >= 4 is 29.7 Å². The minimum absolute atomic E-state index is 0.0904. The number of aliphatic carboxylic acids is 2. The highest BCUT2D eigenvalue weighted by Gasteiger charge is 2.45. The van der Waals surface area contributed by atoms with Crippen molar-refractivity contribution in [3.8, 4) is 0 Å². The van der Waals surface area contributed by atoms with Crippen molar-refractivity contribution in [3.63, 3.8) is 0 Å². The number of carbonyl (C=O) groups excluding carboxylic acids is 3. The number of rotatable bonds is 15. The molecule has 0 aromatic heterocycles. The lowest BCUT2D eigenvalue weighted by molar-refractivity contribution is -0.144. The number of unbranched alkanes of at least 4 members (excludes halogenated alkanes) is 1. The third-order valence-electron chi connectivity index (χ3n) is 8.57. The molecule has 0 aliphatic heterocycles. The van der Waals surface area contributed by atoms with Gasteiger partial charge in [0.25, 0.3) is 5.91 Å². The van der Waals surface area contributed by atoms with Gasteiger partial charge in [0.15, 0.2) is 0 Å². The molecule has 2 saturated carbocycles. The van der Waals surface area contributed by atoms with Gasteiger partial charge in [0.1, 0.15) is 6.04 Å². The number of nitrogens with two attached hydrogens (primary N) is 1. The number of benzene rings is 1. The van der Waals surface area contributed by atoms with Crippen LogP contribution in [0.3, 0.4) is 0 Å². The maximum absolute atomic E-state index is 13.5. The molecule has 2 aliphatic carbocycles. The molecule has 41 heavy (non-hydrogen) atoms. The van der Waals surface area contributed by atoms with E-state index in [1.807, 2.05) is 0 Å². The second kappa shape index (κ2) is 15.5. The fraction of sp³-hybridized carbons (Fsp3) is 0.633. The van der Waals surface area contributed by atoms with Gasteiger partial charge in [-0.3, -0.25) is 24.0 Å². The van der Waals surface area contributed by atoms with E-state index in [1.165, 1.54) is 0 Å². The van der Waals surface area contributed by atoms with E-state index in [0.717, 1.165) is 12.8 Å². The number of carboxylic acid groups (broad SMARTS) is 2. The molecule has 2 fully saturated rings. The van der Waals surface area contributed by atoms with Gasteiger partial charge in [-0.1, -0.05) is 31.0 Å². The predicted molar refractivity (Wildman–Crippen MR) is 152 cm³/mol. The van der Waals surface area contributed by atoms with Crippen molar-refractivity contribution in [1.29, 1.82) is 0 Å². The summed E-state index contributed by atoms with van der Waals surface area (Å²) < 4.78 is 0. The van der Waals surface area contributed by atoms with Crippen molar-refractivity contribution < 1.29 is 34.2 Å². The molecule has 226 valence electrons. The fourth-order valence-electron chi connectivity index (χ4n) is 6.06. The highest BCUT2D eigenvalue weighted by molar-refractivity contribution is 5.97. The molecule has 1 unspecified atom stereocenters. The first-order chi connectivity index (χ1) is 19.6. The highest BCUT2D eigenvalue weighted by Crippen LogP contribution is 2.44. The smallest absolute Gasteiger partial charge is 0.308 e. The number of carbonyl (C=O) groups is 5. The number of nitrogens with one attached hydrogen (secondary N) is 3. The highest BCUT2D eigenvalue weighted by atomic mass is 16.4. The van der Waals surface area contributed by atoms with Gasteiger partial charge < -0.3 is 31.9 Å². The van der Waals surface area contributed by atoms with Crippen molar-refractivity contribution in [2.45, 2.75) is 89.1 Å². The number of amides is 3. The van der Waals surface area contributed by atoms with Gasteiger partial charge in [0, 0.05) is 18.2 Å². The first-order valence-corrected chi connectivity index (χ1v) is 14.8. The van der Waals surface area contributed by atoms with Gasteiger partial charge in [0.2, 0.25) is 11.8 Å². The van der Waals surface area contributed by atoms with Crippen LogP contribution in [0, 0.1) is 17.3 Å². The summed E-state index contributed by atoms with van der Waals surface area (Å²) in [6, 6.07) is 7.56. The monoisotopic (exact) mass is 572 g/mol. The quantitative estimate of drug-likeness (QED) is 0.173. The first-order valence-electron chi connectivity index (χ1n) is 14.8. The largest absolute Gasteiger partial charge is 0.481 e. The molecule has 2 aliphatic rings. The SMILES string of the molecule is NCCCC[C@H](NC(=O)c1ccccc1)C(=O)NCC(CC1(C(=O)NC2CCC(C(=O)O)CC2)CCCC1)C(=O)O. The lowest BCUT2D eigenvalue weighted by Gasteiger charge is -2.34. The van der Waals surface area contributed by atoms with Crippen LogP contribution in [0.5, 0.6) is 0 Å². The summed E-state index contributed by atoms with van der Waals surface area (Å²) in [6.45, 7) is 0.286. The van der Waals surface area contributed by atoms with Crippen LogP contribution in [0.4, 0.5) is 0 Å². The summed E-state index contributed by atoms with van der Waals surface area (Å²) in [5, 5.41) is 27.8. The molecular weight excluding hydrogens is 528 g/mol. The van der Waals surface area contributed by atoms with Crippen molar-refractivity contribution in [1.82, 2.24) is 16.0 Å². The van der Waals surface area contributed by atoms with Gasteiger partial charge in [-0.25, -0.2) is 0 Å². The van der Waals surface area contributed by atoms with Gasteiger partial charge in [-0.2, -0.15) is 0 Å². The Bertz CT molecular complexity index is 1050. The van der Waals surface area contributed by atoms with Crippen LogP contribution in [0.1, 0.15) is 87.4 Å². The summed E-state index contributed by atoms with van der Waals surface area (Å²) in [4.78, 5) is 62.9. The zero-order valence-electron chi connectivity index (χ0n) is 23.6. The maximum Gasteiger partial charge on any atom is 0.308 e. The molecule has 2 atom stereocenters. The Morgan fingerprint density at radius 3 is 2.20 bits per heavy atom. The summed E-state index contributed by atoms with van der Waals surface area (Å²) in [5.74, 6) is -4.33. The second-order valence-electron chi connectivity index (χ2n) is 11.5. The van der Waals surface area contributed by atoms with E-state index in [9.17, 15) is 34.2 Å². The maximum atomic E-state index is 13.5. The molecule has 11 heteroatoms. The Labute approximate surface area is 241 Å². The number of hydrogen-bond acceptors (Lipinski definition) is 6. The average molecular weight is 573 g/mol. The lowest BCUT2D eigenvalue weighted by Crippen LogP contribution is -2.50. The Morgan fingerprint density at radius 1 is 0.951 bits per heavy atom. The zero-order valence-corrected chi connectivity index (χ0v) is 23.6. The van der Waals surface area contributed by atoms with Crippen LogP contribution in [0.25, 0.3) is 0 Å². The van der Waals surface area contributed by atoms with E-state index in [-0.39, 0.29) is 30.8 Å². The number of carboxylic acids is 2. The molecule has 11 nitrogen and oxygen atoms in total. The zero-order chi connectivity index (χ0) is 29.8. The molecule has 1 aromatic rings. The van der Waals surface area contributed by atoms with Crippen LogP contribution in [0.2, 0.25) is 0 Å². The van der Waals surface area contributed by atoms with Crippen LogP contribution >= 0.6 is 0 Å². The van der Waals surface area contributed by atoms with Gasteiger partial charge >= 0.3 is 11.9 Å². The first kappa shape index (κ1) is 32.0. The third-order valence-corrected chi connectivity index (χ3v) is 8.57. The van der Waals surface area contributed by atoms with E-state index < -0.39 is 41.1 Å². The Hall–Kier alpha value is -3.47. The van der Waals surface area contributed by atoms with E-state index in [1.54, 1.807) is 30.3 Å². The number of hydrogen-bond donors (Lipinski definition) is 6. The molecule has 0 saturated heterocycles. The van der Waals surface area contributed by atoms with Crippen molar-refractivity contribution in [2.24, 2.45) is 23.0 Å². The molecule has 0 bridgehead atoms. The normalized spacial score (nSPS) is 21.3. The Balaban J connectivity index is 1.62. The molecule has 0 radical (unpaired) electrons. The van der Waals surface area contributed by atoms with Crippen molar-refractivity contribution in [3.05, 3.63) is 35.9 Å². The van der Waals surface area contributed by atoms with Gasteiger partial charge in [0.05, 0.1) is 17.3 Å². The molecule has 7 N–H and O–H groups in total. The minimum Gasteiger partial charge on any atom is -0.481 e. The Kier molecular flexibility index (Phi) is 12.1. The standard InChI is InChI=1S/C30H44N4O7/c31-17-7-4-10-24(34-25(35)20-8-2-1-3-9-20)26(36)32-19-22(28(39)40)18-30(15-5-6-16-30)29(41)33-23-13-11-21(12-14-23)27(37)38/h1-3,8-9,21-24H,4-7,10-19,31H2,(H,32,36)(H,33,41)(H,34,35)(H,37,38)(H,39,40)/t21?,22?,23?,24-/m0/s1. The molecule has 3 rings (SSSR count). The topological polar surface area (TPSA) is 188 Å². The predicted octanol–water partition coefficient (Wildman–Crippen LogP) is 2.44. The third kappa shape index (κ3) is 9.27. The summed E-state index contributed by atoms with van der Waals surface area (Å²) in [7, 11) is 0. The molecule has 0 heterocycles. The summed E-state index contributed by atoms with van der Waals surface area (Å²) in [6.07, 6.45) is 6.67. The fourth-order valence-corrected chi connectivity index (χ4v) is 6.06. The van der Waals surface area contributed by atoms with E-state index in [2.05, 4.69) is 16.0 Å². The minimum atomic E-state index is -1.10. The van der Waals surface area contributed by atoms with Crippen LogP contribution in [-0.4, -0.2) is 65.0 Å². The average Bonchev–Trinajstić information content (AvgIpc) is 3.45. The van der Waals surface area contributed by atoms with E-state index in [0.29, 0.717) is 69.9 Å². The molecule has 3 amide bonds. The van der Waals surface area contributed by atoms with E-state index >= 15 is 0 Å². The molecule has 1 aromatic carbocycles. The second-order valence-corrected chi connectivity index (χ2v) is 11.5. The van der Waals surface area contributed by atoms with Crippen LogP contribution in [-0.2, 0) is 19.2 Å². The van der Waals surface area contributed by atoms with Gasteiger partial charge in [-0.15, -0.1) is 0 Å². The van der Waals surface area contributed by atoms with Crippen LogP contribution in [0.15, 0.2) is 30.3 Å². The summed E-state index contributed by atoms with van der Waals surface area (Å²) in [5.41, 5.74) is 5.16. The lowest BCUT2D eigenvalue weighted by atomic mass is 9.76. The molecule has 0 spiro atoms. The Morgan fingerprint density at radius 2 is 1.61 bits per heavy atom.